The molecule has 2 aromatic carbocycles. The molecule has 0 spiro atoms. The van der Waals surface area contributed by atoms with Crippen LogP contribution in [0.5, 0.6) is 0 Å². The average Bonchev–Trinajstić information content (AvgIpc) is 3.20. The molecule has 0 aliphatic rings. The van der Waals surface area contributed by atoms with Crippen LogP contribution in [0.4, 0.5) is 5.69 Å². The summed E-state index contributed by atoms with van der Waals surface area (Å²) in [6.07, 6.45) is 0.406. The first-order valence-electron chi connectivity index (χ1n) is 8.79. The van der Waals surface area contributed by atoms with Crippen LogP contribution in [0.25, 0.3) is 0 Å². The zero-order chi connectivity index (χ0) is 19.2. The van der Waals surface area contributed by atoms with Crippen LogP contribution in [0, 0.1) is 0 Å². The quantitative estimate of drug-likeness (QED) is 0.672. The first-order chi connectivity index (χ1) is 13.0. The maximum atomic E-state index is 12.5. The van der Waals surface area contributed by atoms with Crippen LogP contribution in [0.15, 0.2) is 72.1 Å². The third kappa shape index (κ3) is 4.83. The van der Waals surface area contributed by atoms with Crippen molar-refractivity contribution in [1.29, 1.82) is 0 Å². The van der Waals surface area contributed by atoms with Crippen molar-refractivity contribution in [3.63, 3.8) is 0 Å². The first kappa shape index (κ1) is 18.9. The molecule has 0 saturated heterocycles. The van der Waals surface area contributed by atoms with Gasteiger partial charge < -0.3 is 10.2 Å². The number of thiophene rings is 1. The van der Waals surface area contributed by atoms with Gasteiger partial charge in [0.15, 0.2) is 0 Å². The maximum absolute atomic E-state index is 12.5. The van der Waals surface area contributed by atoms with Gasteiger partial charge in [-0.05, 0) is 48.2 Å². The lowest BCUT2D eigenvalue weighted by molar-refractivity contribution is -0.131. The van der Waals surface area contributed by atoms with Crippen LogP contribution in [-0.4, -0.2) is 23.8 Å². The lowest BCUT2D eigenvalue weighted by Gasteiger charge is -2.25. The van der Waals surface area contributed by atoms with Gasteiger partial charge in [0.05, 0.1) is 12.5 Å². The van der Waals surface area contributed by atoms with Crippen LogP contribution < -0.4 is 5.32 Å². The van der Waals surface area contributed by atoms with E-state index in [1.165, 1.54) is 0 Å². The molecule has 1 aromatic heterocycles. The Balaban J connectivity index is 1.68. The Morgan fingerprint density at radius 3 is 2.52 bits per heavy atom. The third-order valence-corrected chi connectivity index (χ3v) is 5.42. The molecular formula is C22H22N2O2S. The fourth-order valence-corrected chi connectivity index (χ4v) is 3.49. The summed E-state index contributed by atoms with van der Waals surface area (Å²) >= 11 is 1.59. The van der Waals surface area contributed by atoms with Crippen LogP contribution in [0.3, 0.4) is 0 Å². The third-order valence-electron chi connectivity index (χ3n) is 4.54. The molecule has 0 fully saturated rings. The molecule has 3 rings (SSSR count). The Bertz CT molecular complexity index is 907. The number of likely N-dealkylation sites (N-methyl/N-ethyl adjacent to an activating group) is 1. The van der Waals surface area contributed by atoms with Gasteiger partial charge in [-0.15, -0.1) is 11.3 Å². The summed E-state index contributed by atoms with van der Waals surface area (Å²) in [5, 5.41) is 4.89. The van der Waals surface area contributed by atoms with Gasteiger partial charge in [-0.25, -0.2) is 0 Å². The normalized spacial score (nSPS) is 11.6. The number of nitrogens with one attached hydrogen (secondary N) is 1. The van der Waals surface area contributed by atoms with E-state index in [0.717, 1.165) is 10.4 Å². The number of nitrogens with zero attached hydrogens (tertiary/aromatic N) is 1. The van der Waals surface area contributed by atoms with Gasteiger partial charge in [0.25, 0.3) is 5.91 Å². The van der Waals surface area contributed by atoms with Crippen molar-refractivity contribution >= 4 is 28.8 Å². The van der Waals surface area contributed by atoms with Crippen molar-refractivity contribution in [1.82, 2.24) is 4.90 Å². The largest absolute Gasteiger partial charge is 0.339 e. The number of hydrogen-bond acceptors (Lipinski definition) is 3. The average molecular weight is 378 g/mol. The van der Waals surface area contributed by atoms with E-state index in [2.05, 4.69) is 5.32 Å². The zero-order valence-electron chi connectivity index (χ0n) is 15.4. The SMILES string of the molecule is CC(c1cccc(NC(=O)c2ccccc2)c1)N(C)C(=O)Cc1cccs1. The van der Waals surface area contributed by atoms with Crippen molar-refractivity contribution in [2.75, 3.05) is 12.4 Å². The number of carbonyl (C=O) groups excluding carboxylic acids is 2. The van der Waals surface area contributed by atoms with Crippen LogP contribution >= 0.6 is 11.3 Å². The number of benzene rings is 2. The molecule has 5 heteroatoms. The molecule has 2 amide bonds. The summed E-state index contributed by atoms with van der Waals surface area (Å²) in [5.41, 5.74) is 2.30. The Morgan fingerprint density at radius 2 is 1.81 bits per heavy atom. The minimum absolute atomic E-state index is 0.0728. The second-order valence-electron chi connectivity index (χ2n) is 6.38. The highest BCUT2D eigenvalue weighted by Gasteiger charge is 2.18. The van der Waals surface area contributed by atoms with E-state index in [-0.39, 0.29) is 17.9 Å². The lowest BCUT2D eigenvalue weighted by atomic mass is 10.1. The maximum Gasteiger partial charge on any atom is 0.255 e. The van der Waals surface area contributed by atoms with Crippen molar-refractivity contribution < 1.29 is 9.59 Å². The van der Waals surface area contributed by atoms with E-state index in [1.807, 2.05) is 73.9 Å². The molecular weight excluding hydrogens is 356 g/mol. The van der Waals surface area contributed by atoms with Gasteiger partial charge in [0.1, 0.15) is 0 Å². The molecule has 0 radical (unpaired) electrons. The van der Waals surface area contributed by atoms with Crippen LogP contribution in [0.1, 0.15) is 33.8 Å². The number of rotatable bonds is 6. The zero-order valence-corrected chi connectivity index (χ0v) is 16.2. The second kappa shape index (κ2) is 8.64. The highest BCUT2D eigenvalue weighted by molar-refractivity contribution is 7.10. The Labute approximate surface area is 163 Å². The van der Waals surface area contributed by atoms with Gasteiger partial charge in [-0.3, -0.25) is 9.59 Å². The predicted octanol–water partition coefficient (Wildman–Crippen LogP) is 4.76. The summed E-state index contributed by atoms with van der Waals surface area (Å²) in [5.74, 6) is -0.0776. The van der Waals surface area contributed by atoms with Crippen molar-refractivity contribution in [3.05, 3.63) is 88.1 Å². The Morgan fingerprint density at radius 1 is 1.04 bits per heavy atom. The molecule has 1 heterocycles. The molecule has 1 atom stereocenters. The lowest BCUT2D eigenvalue weighted by Crippen LogP contribution is -2.30. The molecule has 0 saturated carbocycles. The molecule has 1 unspecified atom stereocenters. The molecule has 3 aromatic rings. The minimum atomic E-state index is -0.150. The van der Waals surface area contributed by atoms with E-state index >= 15 is 0 Å². The highest BCUT2D eigenvalue weighted by Crippen LogP contribution is 2.23. The molecule has 0 aliphatic heterocycles. The fourth-order valence-electron chi connectivity index (χ4n) is 2.80. The molecule has 0 aliphatic carbocycles. The van der Waals surface area contributed by atoms with E-state index in [1.54, 1.807) is 28.4 Å². The summed E-state index contributed by atoms with van der Waals surface area (Å²) < 4.78 is 0. The number of carbonyl (C=O) groups is 2. The molecule has 0 bridgehead atoms. The van der Waals surface area contributed by atoms with Gasteiger partial charge >= 0.3 is 0 Å². The number of hydrogen-bond donors (Lipinski definition) is 1. The van der Waals surface area contributed by atoms with Crippen LogP contribution in [0.2, 0.25) is 0 Å². The second-order valence-corrected chi connectivity index (χ2v) is 7.41. The van der Waals surface area contributed by atoms with E-state index in [4.69, 9.17) is 0 Å². The monoisotopic (exact) mass is 378 g/mol. The van der Waals surface area contributed by atoms with Crippen molar-refractivity contribution in [2.45, 2.75) is 19.4 Å². The van der Waals surface area contributed by atoms with E-state index < -0.39 is 0 Å². The molecule has 27 heavy (non-hydrogen) atoms. The molecule has 1 N–H and O–H groups in total. The van der Waals surface area contributed by atoms with E-state index in [0.29, 0.717) is 17.7 Å². The summed E-state index contributed by atoms with van der Waals surface area (Å²) in [6.45, 7) is 1.99. The van der Waals surface area contributed by atoms with Gasteiger partial charge in [-0.2, -0.15) is 0 Å². The summed E-state index contributed by atoms with van der Waals surface area (Å²) in [7, 11) is 1.82. The smallest absolute Gasteiger partial charge is 0.255 e. The summed E-state index contributed by atoms with van der Waals surface area (Å²) in [6, 6.07) is 20.6. The van der Waals surface area contributed by atoms with Crippen molar-refractivity contribution in [2.24, 2.45) is 0 Å². The van der Waals surface area contributed by atoms with Gasteiger partial charge in [0.2, 0.25) is 5.91 Å². The number of anilines is 1. The number of amides is 2. The van der Waals surface area contributed by atoms with E-state index in [9.17, 15) is 9.59 Å². The standard InChI is InChI=1S/C22H22N2O2S/c1-16(24(2)21(25)15-20-12-7-13-27-20)18-10-6-11-19(14-18)23-22(26)17-8-4-3-5-9-17/h3-14,16H,15H2,1-2H3,(H,23,26). The fraction of sp³-hybridized carbons (Fsp3) is 0.182. The van der Waals surface area contributed by atoms with Gasteiger partial charge in [-0.1, -0.05) is 36.4 Å². The molecule has 138 valence electrons. The topological polar surface area (TPSA) is 49.4 Å². The van der Waals surface area contributed by atoms with Gasteiger partial charge in [0, 0.05) is 23.2 Å². The Kier molecular flexibility index (Phi) is 6.04. The summed E-state index contributed by atoms with van der Waals surface area (Å²) in [4.78, 5) is 27.7. The predicted molar refractivity (Wildman–Crippen MR) is 110 cm³/mol. The first-order valence-corrected chi connectivity index (χ1v) is 9.67. The highest BCUT2D eigenvalue weighted by atomic mass is 32.1. The molecule has 4 nitrogen and oxygen atoms in total. The minimum Gasteiger partial charge on any atom is -0.339 e. The van der Waals surface area contributed by atoms with Crippen LogP contribution in [-0.2, 0) is 11.2 Å². The Hall–Kier alpha value is -2.92. The van der Waals surface area contributed by atoms with Crippen molar-refractivity contribution in [3.8, 4) is 0 Å².